The molecule has 138 valence electrons. The predicted octanol–water partition coefficient (Wildman–Crippen LogP) is 2.57. The first-order chi connectivity index (χ1) is 12.9. The third-order valence-corrected chi connectivity index (χ3v) is 5.41. The summed E-state index contributed by atoms with van der Waals surface area (Å²) in [5.41, 5.74) is 21.4. The number of anilines is 3. The van der Waals surface area contributed by atoms with Gasteiger partial charge in [0.1, 0.15) is 17.0 Å². The second-order valence-corrected chi connectivity index (χ2v) is 7.57. The van der Waals surface area contributed by atoms with Crippen LogP contribution in [0.3, 0.4) is 0 Å². The quantitative estimate of drug-likeness (QED) is 0.502. The Morgan fingerprint density at radius 3 is 2.70 bits per heavy atom. The molecule has 5 rings (SSSR count). The van der Waals surface area contributed by atoms with Crippen LogP contribution in [0.2, 0.25) is 0 Å². The van der Waals surface area contributed by atoms with Gasteiger partial charge in [-0.2, -0.15) is 20.1 Å². The summed E-state index contributed by atoms with van der Waals surface area (Å²) in [6.45, 7) is 3.03. The van der Waals surface area contributed by atoms with Crippen LogP contribution in [-0.2, 0) is 6.54 Å². The molecule has 1 aromatic carbocycles. The van der Waals surface area contributed by atoms with Crippen LogP contribution in [0.15, 0.2) is 22.6 Å². The van der Waals surface area contributed by atoms with Gasteiger partial charge in [0, 0.05) is 12.1 Å². The molecule has 0 amide bonds. The number of aromatic nitrogens is 5. The number of hydrogen-bond donors (Lipinski definition) is 3. The highest BCUT2D eigenvalue weighted by atomic mass is 16.4. The van der Waals surface area contributed by atoms with Gasteiger partial charge >= 0.3 is 0 Å². The van der Waals surface area contributed by atoms with Gasteiger partial charge in [0.25, 0.3) is 6.01 Å². The third-order valence-electron chi connectivity index (χ3n) is 5.41. The highest BCUT2D eigenvalue weighted by Crippen LogP contribution is 2.43. The number of nitrogens with two attached hydrogens (primary N) is 3. The highest BCUT2D eigenvalue weighted by molar-refractivity contribution is 6.00. The zero-order chi connectivity index (χ0) is 18.8. The molecule has 0 aliphatic heterocycles. The Balaban J connectivity index is 1.72. The molecule has 3 aromatic heterocycles. The van der Waals surface area contributed by atoms with Crippen LogP contribution in [0.1, 0.15) is 26.2 Å². The van der Waals surface area contributed by atoms with Gasteiger partial charge in [-0.1, -0.05) is 13.3 Å². The molecule has 1 aliphatic carbocycles. The summed E-state index contributed by atoms with van der Waals surface area (Å²) in [5, 5.41) is 5.53. The zero-order valence-corrected chi connectivity index (χ0v) is 14.9. The minimum atomic E-state index is 0.131. The summed E-state index contributed by atoms with van der Waals surface area (Å²) >= 11 is 0. The van der Waals surface area contributed by atoms with Gasteiger partial charge in [-0.3, -0.25) is 0 Å². The molecule has 0 unspecified atom stereocenters. The van der Waals surface area contributed by atoms with Crippen molar-refractivity contribution in [2.45, 2.75) is 32.7 Å². The van der Waals surface area contributed by atoms with Crippen molar-refractivity contribution in [3.05, 3.63) is 18.2 Å². The number of rotatable bonds is 3. The van der Waals surface area contributed by atoms with Crippen molar-refractivity contribution in [1.29, 1.82) is 0 Å². The molecular formula is C18H20N8O. The second-order valence-electron chi connectivity index (χ2n) is 7.57. The fourth-order valence-corrected chi connectivity index (χ4v) is 3.82. The van der Waals surface area contributed by atoms with E-state index < -0.39 is 0 Å². The fourth-order valence-electron chi connectivity index (χ4n) is 3.82. The molecule has 9 nitrogen and oxygen atoms in total. The van der Waals surface area contributed by atoms with E-state index in [1.807, 2.05) is 22.9 Å². The number of oxazole rings is 1. The summed E-state index contributed by atoms with van der Waals surface area (Å²) in [5.74, 6) is 0.462. The monoisotopic (exact) mass is 364 g/mol. The largest absolute Gasteiger partial charge is 0.424 e. The summed E-state index contributed by atoms with van der Waals surface area (Å²) in [6.07, 6.45) is 3.58. The lowest BCUT2D eigenvalue weighted by atomic mass is 9.70. The Bertz CT molecular complexity index is 1190. The molecule has 4 aromatic rings. The average molecular weight is 364 g/mol. The van der Waals surface area contributed by atoms with Crippen LogP contribution in [0.4, 0.5) is 17.8 Å². The first-order valence-corrected chi connectivity index (χ1v) is 8.88. The number of benzene rings is 1. The fraction of sp³-hybridized carbons (Fsp3) is 0.333. The molecule has 6 N–H and O–H groups in total. The molecule has 0 saturated heterocycles. The molecule has 0 radical (unpaired) electrons. The maximum Gasteiger partial charge on any atom is 0.292 e. The van der Waals surface area contributed by atoms with Gasteiger partial charge in [-0.25, -0.2) is 4.68 Å². The Hall–Kier alpha value is -3.36. The number of fused-ring (bicyclic) bond motifs is 2. The standard InChI is InChI=1S/C18H20N8O/c1-18(5-2-6-18)8-26-15-12(14(19)23-16(20)24-15)13(25-26)9-3-4-11-10(7-9)22-17(21)27-11/h3-4,7H,2,5-6,8H2,1H3,(H2,21,22)(H4,19,20,23,24). The Kier molecular flexibility index (Phi) is 3.13. The molecule has 3 heterocycles. The van der Waals surface area contributed by atoms with Crippen LogP contribution >= 0.6 is 0 Å². The van der Waals surface area contributed by atoms with Crippen LogP contribution in [0.5, 0.6) is 0 Å². The second kappa shape index (κ2) is 5.32. The first-order valence-electron chi connectivity index (χ1n) is 8.88. The Labute approximate surface area is 154 Å². The smallest absolute Gasteiger partial charge is 0.292 e. The molecule has 1 aliphatic rings. The molecule has 0 spiro atoms. The van der Waals surface area contributed by atoms with E-state index in [9.17, 15) is 0 Å². The number of hydrogen-bond acceptors (Lipinski definition) is 8. The van der Waals surface area contributed by atoms with E-state index in [2.05, 4.69) is 21.9 Å². The SMILES string of the molecule is CC1(Cn2nc(-c3ccc4oc(N)nc4c3)c3c(N)nc(N)nc32)CCC1. The highest BCUT2D eigenvalue weighted by Gasteiger charge is 2.33. The van der Waals surface area contributed by atoms with Gasteiger partial charge in [0.2, 0.25) is 5.95 Å². The van der Waals surface area contributed by atoms with E-state index in [-0.39, 0.29) is 17.4 Å². The summed E-state index contributed by atoms with van der Waals surface area (Å²) in [7, 11) is 0. The van der Waals surface area contributed by atoms with Crippen molar-refractivity contribution < 1.29 is 4.42 Å². The van der Waals surface area contributed by atoms with E-state index in [0.717, 1.165) is 12.1 Å². The van der Waals surface area contributed by atoms with Crippen LogP contribution < -0.4 is 17.2 Å². The van der Waals surface area contributed by atoms with Gasteiger partial charge in [-0.05, 0) is 36.5 Å². The summed E-state index contributed by atoms with van der Waals surface area (Å²) in [6, 6.07) is 5.73. The molecule has 0 bridgehead atoms. The lowest BCUT2D eigenvalue weighted by Crippen LogP contribution is -2.31. The van der Waals surface area contributed by atoms with Crippen LogP contribution in [0.25, 0.3) is 33.4 Å². The van der Waals surface area contributed by atoms with Crippen molar-refractivity contribution in [3.8, 4) is 11.3 Å². The Morgan fingerprint density at radius 1 is 1.15 bits per heavy atom. The normalized spacial score (nSPS) is 16.0. The first kappa shape index (κ1) is 15.9. The van der Waals surface area contributed by atoms with Crippen molar-refractivity contribution in [3.63, 3.8) is 0 Å². The maximum atomic E-state index is 6.20. The van der Waals surface area contributed by atoms with E-state index in [1.165, 1.54) is 19.3 Å². The summed E-state index contributed by atoms with van der Waals surface area (Å²) < 4.78 is 7.26. The number of nitrogens with zero attached hydrogens (tertiary/aromatic N) is 5. The minimum absolute atomic E-state index is 0.131. The Morgan fingerprint density at radius 2 is 1.96 bits per heavy atom. The van der Waals surface area contributed by atoms with Crippen molar-refractivity contribution >= 4 is 39.9 Å². The molecule has 1 saturated carbocycles. The average Bonchev–Trinajstić information content (AvgIpc) is 3.12. The van der Waals surface area contributed by atoms with Gasteiger partial charge in [-0.15, -0.1) is 0 Å². The molecule has 9 heteroatoms. The minimum Gasteiger partial charge on any atom is -0.424 e. The van der Waals surface area contributed by atoms with Gasteiger partial charge < -0.3 is 21.6 Å². The van der Waals surface area contributed by atoms with E-state index in [4.69, 9.17) is 26.7 Å². The molecule has 27 heavy (non-hydrogen) atoms. The van der Waals surface area contributed by atoms with E-state index in [1.54, 1.807) is 0 Å². The predicted molar refractivity (Wildman–Crippen MR) is 104 cm³/mol. The summed E-state index contributed by atoms with van der Waals surface area (Å²) in [4.78, 5) is 12.8. The maximum absolute atomic E-state index is 6.20. The van der Waals surface area contributed by atoms with Crippen LogP contribution in [0, 0.1) is 5.41 Å². The molecular weight excluding hydrogens is 344 g/mol. The van der Waals surface area contributed by atoms with Crippen molar-refractivity contribution in [2.24, 2.45) is 5.41 Å². The lowest BCUT2D eigenvalue weighted by molar-refractivity contribution is 0.128. The van der Waals surface area contributed by atoms with Crippen LogP contribution in [-0.4, -0.2) is 24.7 Å². The third kappa shape index (κ3) is 2.46. The van der Waals surface area contributed by atoms with Gasteiger partial charge in [0.15, 0.2) is 11.2 Å². The zero-order valence-electron chi connectivity index (χ0n) is 14.9. The van der Waals surface area contributed by atoms with E-state index >= 15 is 0 Å². The van der Waals surface area contributed by atoms with Gasteiger partial charge in [0.05, 0.1) is 5.39 Å². The van der Waals surface area contributed by atoms with Crippen molar-refractivity contribution in [1.82, 2.24) is 24.7 Å². The molecule has 0 atom stereocenters. The lowest BCUT2D eigenvalue weighted by Gasteiger charge is -2.38. The molecule has 1 fully saturated rings. The van der Waals surface area contributed by atoms with Crippen molar-refractivity contribution in [2.75, 3.05) is 17.2 Å². The topological polar surface area (TPSA) is 148 Å². The number of nitrogen functional groups attached to an aromatic ring is 3. The van der Waals surface area contributed by atoms with E-state index in [0.29, 0.717) is 33.6 Å².